The lowest BCUT2D eigenvalue weighted by Crippen LogP contribution is -2.28. The van der Waals surface area contributed by atoms with Crippen molar-refractivity contribution in [3.63, 3.8) is 0 Å². The van der Waals surface area contributed by atoms with E-state index in [1.54, 1.807) is 26.8 Å². The van der Waals surface area contributed by atoms with Crippen molar-refractivity contribution in [2.45, 2.75) is 20.8 Å². The monoisotopic (exact) mass is 484 g/mol. The van der Waals surface area contributed by atoms with Crippen LogP contribution in [-0.2, 0) is 11.8 Å². The minimum atomic E-state index is -0.927. The number of carbonyl (C=O) groups excluding carboxylic acids is 1. The number of halogens is 4. The highest BCUT2D eigenvalue weighted by molar-refractivity contribution is 9.10. The van der Waals surface area contributed by atoms with Gasteiger partial charge in [-0.1, -0.05) is 11.6 Å². The number of hydrogen-bond acceptors (Lipinski definition) is 4. The first-order valence-electron chi connectivity index (χ1n) is 8.48. The van der Waals surface area contributed by atoms with Gasteiger partial charge in [0.25, 0.3) is 5.56 Å². The minimum absolute atomic E-state index is 0.201. The van der Waals surface area contributed by atoms with E-state index < -0.39 is 39.2 Å². The smallest absolute Gasteiger partial charge is 0.316 e. The molecule has 0 saturated heterocycles. The molecule has 152 valence electrons. The second kappa shape index (κ2) is 7.50. The summed E-state index contributed by atoms with van der Waals surface area (Å²) in [6.07, 6.45) is 1.46. The number of nitrogens with zero attached hydrogens (tertiary/aromatic N) is 2. The summed E-state index contributed by atoms with van der Waals surface area (Å²) >= 11 is 9.30. The zero-order valence-electron chi connectivity index (χ0n) is 15.9. The van der Waals surface area contributed by atoms with Crippen molar-refractivity contribution in [1.82, 2.24) is 9.55 Å². The lowest BCUT2D eigenvalue weighted by atomic mass is 9.97. The summed E-state index contributed by atoms with van der Waals surface area (Å²) in [6.45, 7) is 4.88. The summed E-state index contributed by atoms with van der Waals surface area (Å²) in [5.74, 6) is -2.74. The molecule has 0 N–H and O–H groups in total. The Morgan fingerprint density at radius 2 is 1.83 bits per heavy atom. The Balaban J connectivity index is 2.52. The highest BCUT2D eigenvalue weighted by atomic mass is 79.9. The van der Waals surface area contributed by atoms with Gasteiger partial charge in [-0.25, -0.2) is 13.8 Å². The van der Waals surface area contributed by atoms with Gasteiger partial charge < -0.3 is 4.74 Å². The van der Waals surface area contributed by atoms with Crippen molar-refractivity contribution >= 4 is 44.5 Å². The molecule has 0 bridgehead atoms. The molecular weight excluding hydrogens is 470 g/mol. The van der Waals surface area contributed by atoms with E-state index >= 15 is 0 Å². The Morgan fingerprint density at radius 3 is 2.45 bits per heavy atom. The van der Waals surface area contributed by atoms with E-state index in [0.29, 0.717) is 4.47 Å². The van der Waals surface area contributed by atoms with Crippen LogP contribution < -0.4 is 10.3 Å². The summed E-state index contributed by atoms with van der Waals surface area (Å²) in [6, 6.07) is 3.28. The first-order chi connectivity index (χ1) is 13.4. The quantitative estimate of drug-likeness (QED) is 0.368. The summed E-state index contributed by atoms with van der Waals surface area (Å²) in [7, 11) is 1.43. The molecule has 0 radical (unpaired) electrons. The van der Waals surface area contributed by atoms with Crippen LogP contribution in [0.25, 0.3) is 22.2 Å². The van der Waals surface area contributed by atoms with E-state index in [1.165, 1.54) is 13.2 Å². The number of ether oxygens (including phenoxy) is 1. The second-order valence-corrected chi connectivity index (χ2v) is 8.74. The zero-order chi connectivity index (χ0) is 21.7. The van der Waals surface area contributed by atoms with Crippen molar-refractivity contribution in [2.24, 2.45) is 12.5 Å². The molecule has 0 unspecified atom stereocenters. The molecule has 0 atom stereocenters. The molecule has 9 heteroatoms. The Labute approximate surface area is 178 Å². The van der Waals surface area contributed by atoms with E-state index in [9.17, 15) is 18.4 Å². The van der Waals surface area contributed by atoms with E-state index in [2.05, 4.69) is 20.9 Å². The third kappa shape index (κ3) is 3.79. The number of carbonyl (C=O) groups is 1. The van der Waals surface area contributed by atoms with Gasteiger partial charge in [-0.15, -0.1) is 0 Å². The number of aryl methyl sites for hydroxylation is 1. The number of hydrogen-bond donors (Lipinski definition) is 0. The SMILES string of the molecule is Cn1c(=O)c(-c2c(F)ccc(F)c2Cl)c(OC(=O)C(C)(C)C)c2cc(Br)cnc21. The normalized spacial score (nSPS) is 11.7. The van der Waals surface area contributed by atoms with Gasteiger partial charge in [-0.05, 0) is 54.9 Å². The molecule has 0 saturated carbocycles. The molecule has 2 heterocycles. The van der Waals surface area contributed by atoms with Gasteiger partial charge in [0.05, 0.1) is 21.4 Å². The van der Waals surface area contributed by atoms with Crippen LogP contribution in [0.4, 0.5) is 8.78 Å². The van der Waals surface area contributed by atoms with Crippen molar-refractivity contribution in [3.8, 4) is 16.9 Å². The molecule has 0 spiro atoms. The highest BCUT2D eigenvalue weighted by Gasteiger charge is 2.30. The van der Waals surface area contributed by atoms with E-state index in [4.69, 9.17) is 16.3 Å². The lowest BCUT2D eigenvalue weighted by molar-refractivity contribution is -0.142. The maximum atomic E-state index is 14.7. The molecule has 3 rings (SSSR count). The van der Waals surface area contributed by atoms with Crippen molar-refractivity contribution in [3.05, 3.63) is 55.9 Å². The first-order valence-corrected chi connectivity index (χ1v) is 9.65. The number of rotatable bonds is 2. The van der Waals surface area contributed by atoms with Crippen molar-refractivity contribution in [1.29, 1.82) is 0 Å². The third-order valence-corrected chi connectivity index (χ3v) is 5.05. The van der Waals surface area contributed by atoms with Crippen LogP contribution in [-0.4, -0.2) is 15.5 Å². The number of pyridine rings is 2. The van der Waals surface area contributed by atoms with Gasteiger partial charge in [0.1, 0.15) is 17.3 Å². The van der Waals surface area contributed by atoms with Gasteiger partial charge >= 0.3 is 5.97 Å². The minimum Gasteiger partial charge on any atom is -0.424 e. The lowest BCUT2D eigenvalue weighted by Gasteiger charge is -2.20. The zero-order valence-corrected chi connectivity index (χ0v) is 18.3. The third-order valence-electron chi connectivity index (χ3n) is 4.24. The fraction of sp³-hybridized carbons (Fsp3) is 0.250. The number of aromatic nitrogens is 2. The largest absolute Gasteiger partial charge is 0.424 e. The van der Waals surface area contributed by atoms with E-state index in [-0.39, 0.29) is 22.3 Å². The predicted molar refractivity (Wildman–Crippen MR) is 110 cm³/mol. The molecule has 0 amide bonds. The molecule has 2 aromatic heterocycles. The van der Waals surface area contributed by atoms with Crippen molar-refractivity contribution in [2.75, 3.05) is 0 Å². The predicted octanol–water partition coefficient (Wildman–Crippen LogP) is 5.25. The van der Waals surface area contributed by atoms with Gasteiger partial charge in [0.2, 0.25) is 0 Å². The van der Waals surface area contributed by atoms with E-state index in [1.807, 2.05) is 0 Å². The van der Waals surface area contributed by atoms with Gasteiger partial charge in [0, 0.05) is 23.3 Å². The second-order valence-electron chi connectivity index (χ2n) is 7.45. The number of esters is 1. The van der Waals surface area contributed by atoms with Crippen LogP contribution in [0.3, 0.4) is 0 Å². The van der Waals surface area contributed by atoms with Crippen LogP contribution in [0.2, 0.25) is 5.02 Å². The Kier molecular flexibility index (Phi) is 5.53. The number of benzene rings is 1. The summed E-state index contributed by atoms with van der Waals surface area (Å²) in [5, 5.41) is -0.328. The molecule has 5 nitrogen and oxygen atoms in total. The Morgan fingerprint density at radius 1 is 1.21 bits per heavy atom. The summed E-state index contributed by atoms with van der Waals surface area (Å²) < 4.78 is 36.0. The van der Waals surface area contributed by atoms with Crippen LogP contribution in [0.5, 0.6) is 5.75 Å². The standard InChI is InChI=1S/C20H16BrClF2N2O3/c1-20(2,3)19(28)29-16-10-7-9(21)8-25-17(10)26(4)18(27)14(16)13-11(23)5-6-12(24)15(13)22/h5-8H,1-4H3. The maximum Gasteiger partial charge on any atom is 0.316 e. The Bertz CT molecular complexity index is 1220. The van der Waals surface area contributed by atoms with Crippen LogP contribution >= 0.6 is 27.5 Å². The molecule has 3 aromatic rings. The molecule has 1 aromatic carbocycles. The topological polar surface area (TPSA) is 61.2 Å². The molecule has 29 heavy (non-hydrogen) atoms. The summed E-state index contributed by atoms with van der Waals surface area (Å²) in [5.41, 5.74) is -2.30. The fourth-order valence-corrected chi connectivity index (χ4v) is 3.27. The van der Waals surface area contributed by atoms with Crippen molar-refractivity contribution < 1.29 is 18.3 Å². The van der Waals surface area contributed by atoms with Crippen LogP contribution in [0.1, 0.15) is 20.8 Å². The first kappa shape index (κ1) is 21.4. The molecule has 0 fully saturated rings. The average Bonchev–Trinajstić information content (AvgIpc) is 2.64. The molecule has 0 aliphatic carbocycles. The van der Waals surface area contributed by atoms with E-state index in [0.717, 1.165) is 16.7 Å². The molecular formula is C20H16BrClF2N2O3. The van der Waals surface area contributed by atoms with Gasteiger partial charge in [-0.2, -0.15) is 0 Å². The highest BCUT2D eigenvalue weighted by Crippen LogP contribution is 2.40. The average molecular weight is 486 g/mol. The molecule has 0 aliphatic rings. The van der Waals surface area contributed by atoms with Crippen LogP contribution in [0, 0.1) is 17.0 Å². The molecule has 0 aliphatic heterocycles. The van der Waals surface area contributed by atoms with Gasteiger partial charge in [-0.3, -0.25) is 14.2 Å². The fourth-order valence-electron chi connectivity index (χ4n) is 2.69. The maximum absolute atomic E-state index is 14.7. The number of fused-ring (bicyclic) bond motifs is 1. The summed E-state index contributed by atoms with van der Waals surface area (Å²) in [4.78, 5) is 29.9. The van der Waals surface area contributed by atoms with Crippen LogP contribution in [0.15, 0.2) is 33.7 Å². The Hall–Kier alpha value is -2.32. The van der Waals surface area contributed by atoms with Gasteiger partial charge in [0.15, 0.2) is 5.75 Å².